The number of rotatable bonds is 5. The Kier molecular flexibility index (Phi) is 5.51. The topological polar surface area (TPSA) is 35.5 Å². The van der Waals surface area contributed by atoms with Crippen molar-refractivity contribution < 1.29 is 14.3 Å². The van der Waals surface area contributed by atoms with Crippen molar-refractivity contribution in [1.82, 2.24) is 0 Å². The minimum Gasteiger partial charge on any atom is -0.487 e. The Morgan fingerprint density at radius 3 is 2.88 bits per heavy atom. The van der Waals surface area contributed by atoms with E-state index < -0.39 is 5.97 Å². The summed E-state index contributed by atoms with van der Waals surface area (Å²) in [5.74, 6) is 0.0325. The monoisotopic (exact) mass is 318 g/mol. The van der Waals surface area contributed by atoms with Gasteiger partial charge in [0.2, 0.25) is 0 Å². The summed E-state index contributed by atoms with van der Waals surface area (Å²) in [5, 5.41) is 0.477. The molecule has 0 saturated heterocycles. The average Bonchev–Trinajstić information content (AvgIpc) is 2.30. The molecule has 0 spiro atoms. The van der Waals surface area contributed by atoms with Crippen molar-refractivity contribution >= 4 is 33.5 Å². The lowest BCUT2D eigenvalue weighted by molar-refractivity contribution is -0.138. The number of ether oxygens (including phenoxy) is 2. The maximum Gasteiger partial charge on any atom is 0.336 e. The van der Waals surface area contributed by atoms with Gasteiger partial charge in [-0.3, -0.25) is 0 Å². The lowest BCUT2D eigenvalue weighted by atomic mass is 10.3. The molecule has 3 nitrogen and oxygen atoms in total. The van der Waals surface area contributed by atoms with Crippen molar-refractivity contribution in [2.45, 2.75) is 6.92 Å². The molecule has 0 aromatic heterocycles. The van der Waals surface area contributed by atoms with Crippen LogP contribution in [0.2, 0.25) is 5.02 Å². The van der Waals surface area contributed by atoms with Crippen LogP contribution in [0.5, 0.6) is 5.75 Å². The average molecular weight is 320 g/mol. The van der Waals surface area contributed by atoms with Crippen LogP contribution in [0.25, 0.3) is 0 Å². The summed E-state index contributed by atoms with van der Waals surface area (Å²) in [6.07, 6.45) is 0. The zero-order valence-corrected chi connectivity index (χ0v) is 11.7. The molecule has 0 heterocycles. The van der Waals surface area contributed by atoms with E-state index in [0.29, 0.717) is 17.4 Å². The van der Waals surface area contributed by atoms with Crippen molar-refractivity contribution in [3.05, 3.63) is 39.8 Å². The van der Waals surface area contributed by atoms with Gasteiger partial charge >= 0.3 is 5.97 Å². The lowest BCUT2D eigenvalue weighted by Crippen LogP contribution is -2.13. The third kappa shape index (κ3) is 4.40. The van der Waals surface area contributed by atoms with E-state index in [9.17, 15) is 4.79 Å². The summed E-state index contributed by atoms with van der Waals surface area (Å²) in [6, 6.07) is 5.23. The smallest absolute Gasteiger partial charge is 0.336 e. The molecule has 0 radical (unpaired) electrons. The highest BCUT2D eigenvalue weighted by Gasteiger charge is 2.10. The summed E-state index contributed by atoms with van der Waals surface area (Å²) >= 11 is 9.23. The lowest BCUT2D eigenvalue weighted by Gasteiger charge is -2.09. The highest BCUT2D eigenvalue weighted by molar-refractivity contribution is 9.10. The van der Waals surface area contributed by atoms with Crippen LogP contribution >= 0.6 is 27.5 Å². The number of carbonyl (C=O) groups excluding carboxylic acids is 1. The molecule has 1 rings (SSSR count). The van der Waals surface area contributed by atoms with Crippen molar-refractivity contribution in [3.63, 3.8) is 0 Å². The summed E-state index contributed by atoms with van der Waals surface area (Å²) in [4.78, 5) is 11.3. The Hall–Kier alpha value is -1.00. The molecule has 1 aromatic carbocycles. The van der Waals surface area contributed by atoms with E-state index >= 15 is 0 Å². The largest absolute Gasteiger partial charge is 0.487 e. The number of halogens is 2. The van der Waals surface area contributed by atoms with Crippen LogP contribution < -0.4 is 4.74 Å². The summed E-state index contributed by atoms with van der Waals surface area (Å²) in [5.41, 5.74) is 0.253. The first-order chi connectivity index (χ1) is 8.04. The number of esters is 1. The second kappa shape index (κ2) is 6.67. The quantitative estimate of drug-likeness (QED) is 0.614. The molecule has 0 aliphatic rings. The van der Waals surface area contributed by atoms with Crippen molar-refractivity contribution in [3.8, 4) is 5.75 Å². The molecule has 17 heavy (non-hydrogen) atoms. The Morgan fingerprint density at radius 1 is 1.53 bits per heavy atom. The van der Waals surface area contributed by atoms with Gasteiger partial charge < -0.3 is 9.47 Å². The zero-order valence-electron chi connectivity index (χ0n) is 9.33. The van der Waals surface area contributed by atoms with Gasteiger partial charge in [0.05, 0.1) is 17.2 Å². The fourth-order valence-corrected chi connectivity index (χ4v) is 1.56. The van der Waals surface area contributed by atoms with Gasteiger partial charge in [-0.05, 0) is 25.1 Å². The van der Waals surface area contributed by atoms with E-state index in [1.54, 1.807) is 25.1 Å². The van der Waals surface area contributed by atoms with Crippen LogP contribution in [0.3, 0.4) is 0 Å². The maximum atomic E-state index is 11.3. The molecule has 92 valence electrons. The first-order valence-electron chi connectivity index (χ1n) is 4.97. The number of benzene rings is 1. The third-order valence-electron chi connectivity index (χ3n) is 1.86. The Bertz CT molecular complexity index is 432. The highest BCUT2D eigenvalue weighted by Crippen LogP contribution is 2.28. The van der Waals surface area contributed by atoms with E-state index in [4.69, 9.17) is 21.1 Å². The van der Waals surface area contributed by atoms with Crippen molar-refractivity contribution in [2.75, 3.05) is 13.2 Å². The van der Waals surface area contributed by atoms with Crippen LogP contribution in [0.15, 0.2) is 34.8 Å². The van der Waals surface area contributed by atoms with Gasteiger partial charge in [0.15, 0.2) is 0 Å². The van der Waals surface area contributed by atoms with E-state index in [2.05, 4.69) is 22.5 Å². The molecule has 0 bridgehead atoms. The molecule has 0 fully saturated rings. The minimum atomic E-state index is -0.460. The third-order valence-corrected chi connectivity index (χ3v) is 2.66. The van der Waals surface area contributed by atoms with Gasteiger partial charge in [0, 0.05) is 4.47 Å². The fourth-order valence-electron chi connectivity index (χ4n) is 1.04. The SMILES string of the molecule is C=C(COc1cc(Br)ccc1Cl)C(=O)OCC. The fraction of sp³-hybridized carbons (Fsp3) is 0.250. The number of hydrogen-bond donors (Lipinski definition) is 0. The van der Waals surface area contributed by atoms with Gasteiger partial charge in [-0.15, -0.1) is 0 Å². The number of carbonyl (C=O) groups is 1. The van der Waals surface area contributed by atoms with Gasteiger partial charge in [0.1, 0.15) is 12.4 Å². The second-order valence-electron chi connectivity index (χ2n) is 3.19. The second-order valence-corrected chi connectivity index (χ2v) is 4.51. The summed E-state index contributed by atoms with van der Waals surface area (Å²) in [6.45, 7) is 5.68. The molecule has 0 amide bonds. The Labute approximate surface area is 113 Å². The molecular weight excluding hydrogens is 307 g/mol. The van der Waals surface area contributed by atoms with E-state index in [-0.39, 0.29) is 12.2 Å². The van der Waals surface area contributed by atoms with Crippen LogP contribution in [0, 0.1) is 0 Å². The minimum absolute atomic E-state index is 0.0506. The molecule has 5 heteroatoms. The first-order valence-corrected chi connectivity index (χ1v) is 6.14. The summed E-state index contributed by atoms with van der Waals surface area (Å²) in [7, 11) is 0. The first kappa shape index (κ1) is 14.1. The van der Waals surface area contributed by atoms with E-state index in [0.717, 1.165) is 4.47 Å². The Balaban J connectivity index is 2.58. The van der Waals surface area contributed by atoms with Crippen LogP contribution in [0.1, 0.15) is 6.92 Å². The normalized spacial score (nSPS) is 9.82. The van der Waals surface area contributed by atoms with E-state index in [1.165, 1.54) is 0 Å². The van der Waals surface area contributed by atoms with Crippen LogP contribution in [-0.2, 0) is 9.53 Å². The number of hydrogen-bond acceptors (Lipinski definition) is 3. The van der Waals surface area contributed by atoms with Crippen molar-refractivity contribution in [2.24, 2.45) is 0 Å². The molecular formula is C12H12BrClO3. The molecule has 0 saturated carbocycles. The molecule has 0 unspecified atom stereocenters. The molecule has 0 aliphatic heterocycles. The molecule has 0 aliphatic carbocycles. The van der Waals surface area contributed by atoms with Gasteiger partial charge in [-0.25, -0.2) is 4.79 Å². The van der Waals surface area contributed by atoms with Crippen molar-refractivity contribution in [1.29, 1.82) is 0 Å². The van der Waals surface area contributed by atoms with E-state index in [1.807, 2.05) is 0 Å². The zero-order chi connectivity index (χ0) is 12.8. The molecule has 1 aromatic rings. The van der Waals surface area contributed by atoms with Gasteiger partial charge in [0.25, 0.3) is 0 Å². The highest BCUT2D eigenvalue weighted by atomic mass is 79.9. The van der Waals surface area contributed by atoms with Gasteiger partial charge in [-0.2, -0.15) is 0 Å². The maximum absolute atomic E-state index is 11.3. The summed E-state index contributed by atoms with van der Waals surface area (Å²) < 4.78 is 11.0. The van der Waals surface area contributed by atoms with Crippen LogP contribution in [-0.4, -0.2) is 19.2 Å². The van der Waals surface area contributed by atoms with Crippen LogP contribution in [0.4, 0.5) is 0 Å². The Morgan fingerprint density at radius 2 is 2.24 bits per heavy atom. The molecule has 0 N–H and O–H groups in total. The van der Waals surface area contributed by atoms with Gasteiger partial charge in [-0.1, -0.05) is 34.1 Å². The predicted molar refractivity (Wildman–Crippen MR) is 70.4 cm³/mol. The predicted octanol–water partition coefficient (Wildman–Crippen LogP) is 3.60. The molecule has 0 atom stereocenters. The standard InChI is InChI=1S/C12H12BrClO3/c1-3-16-12(15)8(2)7-17-11-6-9(13)4-5-10(11)14/h4-6H,2-3,7H2,1H3.